The molecule has 0 aliphatic heterocycles. The topological polar surface area (TPSA) is 63.1 Å². The average Bonchev–Trinajstić information content (AvgIpc) is 1.85. The maximum Gasteiger partial charge on any atom is 0.339 e. The Kier molecular flexibility index (Phi) is 2.05. The maximum atomic E-state index is 10.4. The summed E-state index contributed by atoms with van der Waals surface area (Å²) < 4.78 is 0. The van der Waals surface area contributed by atoms with Gasteiger partial charge in [0.25, 0.3) is 0 Å². The minimum absolute atomic E-state index is 0.0625. The van der Waals surface area contributed by atoms with Crippen LogP contribution in [0.3, 0.4) is 0 Å². The van der Waals surface area contributed by atoms with E-state index in [2.05, 4.69) is 9.97 Å². The van der Waals surface area contributed by atoms with Crippen molar-refractivity contribution in [2.75, 3.05) is 0 Å². The number of aromatic nitrogens is 2. The maximum absolute atomic E-state index is 10.4. The van der Waals surface area contributed by atoms with Crippen LogP contribution in [0.25, 0.3) is 0 Å². The summed E-state index contributed by atoms with van der Waals surface area (Å²) in [5, 5.41) is 8.60. The van der Waals surface area contributed by atoms with Crippen LogP contribution in [0.15, 0.2) is 6.20 Å². The van der Waals surface area contributed by atoms with Crippen molar-refractivity contribution in [3.8, 4) is 0 Å². The minimum atomic E-state index is -1.04. The van der Waals surface area contributed by atoms with Gasteiger partial charge in [-0.15, -0.1) is 0 Å². The quantitative estimate of drug-likeness (QED) is 0.646. The van der Waals surface area contributed by atoms with Gasteiger partial charge in [0.1, 0.15) is 0 Å². The van der Waals surface area contributed by atoms with E-state index in [4.69, 9.17) is 16.7 Å². The van der Waals surface area contributed by atoms with E-state index >= 15 is 0 Å². The summed E-state index contributed by atoms with van der Waals surface area (Å²) >= 11 is 5.41. The number of carbonyl (C=O) groups is 1. The molecule has 1 aromatic rings. The number of hydrogen-bond acceptors (Lipinski definition) is 3. The minimum Gasteiger partial charge on any atom is -0.478 e. The first kappa shape index (κ1) is 7.94. The molecule has 0 aliphatic rings. The first-order valence-corrected chi connectivity index (χ1v) is 3.21. The molecule has 0 saturated carbocycles. The van der Waals surface area contributed by atoms with Crippen LogP contribution < -0.4 is 0 Å². The van der Waals surface area contributed by atoms with Crippen molar-refractivity contribution in [3.05, 3.63) is 22.7 Å². The zero-order valence-electron chi connectivity index (χ0n) is 5.71. The lowest BCUT2D eigenvalue weighted by molar-refractivity contribution is 0.0695. The Morgan fingerprint density at radius 3 is 2.82 bits per heavy atom. The van der Waals surface area contributed by atoms with E-state index in [1.807, 2.05) is 0 Å². The van der Waals surface area contributed by atoms with Crippen LogP contribution in [0, 0.1) is 6.92 Å². The van der Waals surface area contributed by atoms with Gasteiger partial charge in [-0.2, -0.15) is 0 Å². The fourth-order valence-electron chi connectivity index (χ4n) is 0.649. The summed E-state index contributed by atoms with van der Waals surface area (Å²) in [5.41, 5.74) is 0.451. The van der Waals surface area contributed by atoms with E-state index in [1.165, 1.54) is 6.20 Å². The van der Waals surface area contributed by atoms with Crippen LogP contribution in [0.2, 0.25) is 5.28 Å². The number of rotatable bonds is 1. The monoisotopic (exact) mass is 172 g/mol. The van der Waals surface area contributed by atoms with Gasteiger partial charge in [0.15, 0.2) is 0 Å². The van der Waals surface area contributed by atoms with Crippen molar-refractivity contribution in [1.29, 1.82) is 0 Å². The Morgan fingerprint density at radius 2 is 2.36 bits per heavy atom. The van der Waals surface area contributed by atoms with Crippen LogP contribution in [0.1, 0.15) is 16.1 Å². The van der Waals surface area contributed by atoms with Gasteiger partial charge in [0.2, 0.25) is 5.28 Å². The molecule has 5 heteroatoms. The number of halogens is 1. The van der Waals surface area contributed by atoms with Gasteiger partial charge >= 0.3 is 5.97 Å². The van der Waals surface area contributed by atoms with Crippen molar-refractivity contribution in [1.82, 2.24) is 9.97 Å². The summed E-state index contributed by atoms with van der Waals surface area (Å²) in [6.45, 7) is 1.57. The van der Waals surface area contributed by atoms with Gasteiger partial charge in [-0.1, -0.05) is 0 Å². The van der Waals surface area contributed by atoms with Crippen LogP contribution in [0.4, 0.5) is 0 Å². The zero-order valence-corrected chi connectivity index (χ0v) is 6.46. The zero-order chi connectivity index (χ0) is 8.43. The summed E-state index contributed by atoms with van der Waals surface area (Å²) in [7, 11) is 0. The number of carboxylic acids is 1. The molecule has 0 atom stereocenters. The highest BCUT2D eigenvalue weighted by Gasteiger charge is 2.08. The SMILES string of the molecule is Cc1nc(Cl)ncc1C(=O)O. The summed E-state index contributed by atoms with van der Waals surface area (Å²) in [5.74, 6) is -1.04. The van der Waals surface area contributed by atoms with Crippen molar-refractivity contribution in [3.63, 3.8) is 0 Å². The van der Waals surface area contributed by atoms with Gasteiger partial charge in [-0.05, 0) is 18.5 Å². The van der Waals surface area contributed by atoms with Crippen molar-refractivity contribution in [2.24, 2.45) is 0 Å². The van der Waals surface area contributed by atoms with E-state index in [-0.39, 0.29) is 10.8 Å². The van der Waals surface area contributed by atoms with Gasteiger partial charge in [0, 0.05) is 6.20 Å². The van der Waals surface area contributed by atoms with E-state index < -0.39 is 5.97 Å². The Balaban J connectivity index is 3.20. The average molecular weight is 173 g/mol. The molecule has 0 fully saturated rings. The first-order valence-electron chi connectivity index (χ1n) is 2.83. The molecule has 1 N–H and O–H groups in total. The molecule has 0 unspecified atom stereocenters. The molecule has 0 spiro atoms. The Hall–Kier alpha value is -1.16. The molecule has 4 nitrogen and oxygen atoms in total. The van der Waals surface area contributed by atoms with E-state index in [0.29, 0.717) is 5.69 Å². The fourth-order valence-corrected chi connectivity index (χ4v) is 0.824. The molecular weight excluding hydrogens is 168 g/mol. The predicted octanol–water partition coefficient (Wildman–Crippen LogP) is 1.14. The molecule has 0 aliphatic carbocycles. The van der Waals surface area contributed by atoms with Crippen molar-refractivity contribution in [2.45, 2.75) is 6.92 Å². The second kappa shape index (κ2) is 2.84. The molecule has 1 aromatic heterocycles. The molecule has 1 rings (SSSR count). The smallest absolute Gasteiger partial charge is 0.339 e. The van der Waals surface area contributed by atoms with Gasteiger partial charge in [0.05, 0.1) is 11.3 Å². The fraction of sp³-hybridized carbons (Fsp3) is 0.167. The standard InChI is InChI=1S/C6H5ClN2O2/c1-3-4(5(10)11)2-8-6(7)9-3/h2H,1H3,(H,10,11). The molecule has 11 heavy (non-hydrogen) atoms. The largest absolute Gasteiger partial charge is 0.478 e. The Bertz CT molecular complexity index is 301. The van der Waals surface area contributed by atoms with Crippen LogP contribution in [-0.4, -0.2) is 21.0 Å². The summed E-state index contributed by atoms with van der Waals surface area (Å²) in [6.07, 6.45) is 1.19. The third-order valence-electron chi connectivity index (χ3n) is 1.18. The highest BCUT2D eigenvalue weighted by molar-refractivity contribution is 6.28. The lowest BCUT2D eigenvalue weighted by atomic mass is 10.2. The van der Waals surface area contributed by atoms with Gasteiger partial charge in [-0.25, -0.2) is 14.8 Å². The van der Waals surface area contributed by atoms with Crippen LogP contribution in [-0.2, 0) is 0 Å². The lowest BCUT2D eigenvalue weighted by Gasteiger charge is -1.97. The second-order valence-electron chi connectivity index (χ2n) is 1.94. The number of aromatic carboxylic acids is 1. The second-order valence-corrected chi connectivity index (χ2v) is 2.28. The molecule has 0 radical (unpaired) electrons. The number of hydrogen-bond donors (Lipinski definition) is 1. The third kappa shape index (κ3) is 1.65. The predicted molar refractivity (Wildman–Crippen MR) is 38.7 cm³/mol. The lowest BCUT2D eigenvalue weighted by Crippen LogP contribution is -2.02. The Morgan fingerprint density at radius 1 is 1.73 bits per heavy atom. The van der Waals surface area contributed by atoms with Crippen LogP contribution >= 0.6 is 11.6 Å². The molecule has 0 aromatic carbocycles. The van der Waals surface area contributed by atoms with Gasteiger partial charge < -0.3 is 5.11 Å². The number of aryl methyl sites for hydroxylation is 1. The molecule has 0 bridgehead atoms. The number of carboxylic acid groups (broad SMARTS) is 1. The Labute approximate surface area is 67.9 Å². The normalized spacial score (nSPS) is 9.64. The van der Waals surface area contributed by atoms with Crippen LogP contribution in [0.5, 0.6) is 0 Å². The molecule has 0 saturated heterocycles. The van der Waals surface area contributed by atoms with E-state index in [9.17, 15) is 4.79 Å². The van der Waals surface area contributed by atoms with Crippen molar-refractivity contribution >= 4 is 17.6 Å². The van der Waals surface area contributed by atoms with E-state index in [0.717, 1.165) is 0 Å². The summed E-state index contributed by atoms with van der Waals surface area (Å²) in [6, 6.07) is 0. The summed E-state index contributed by atoms with van der Waals surface area (Å²) in [4.78, 5) is 17.6. The molecule has 1 heterocycles. The first-order chi connectivity index (χ1) is 5.11. The molecule has 58 valence electrons. The number of nitrogens with zero attached hydrogens (tertiary/aromatic N) is 2. The highest BCUT2D eigenvalue weighted by Crippen LogP contribution is 2.06. The van der Waals surface area contributed by atoms with Gasteiger partial charge in [-0.3, -0.25) is 0 Å². The third-order valence-corrected chi connectivity index (χ3v) is 1.36. The highest BCUT2D eigenvalue weighted by atomic mass is 35.5. The van der Waals surface area contributed by atoms with E-state index in [1.54, 1.807) is 6.92 Å². The molecular formula is C6H5ClN2O2. The van der Waals surface area contributed by atoms with Crippen molar-refractivity contribution < 1.29 is 9.90 Å². The molecule has 0 amide bonds.